The lowest BCUT2D eigenvalue weighted by Crippen LogP contribution is -2.48. The molecule has 2 amide bonds. The number of carbonyl (C=O) groups is 3. The fraction of sp³-hybridized carbons (Fsp3) is 0.556. The molecule has 0 spiro atoms. The minimum Gasteiger partial charge on any atom is -0.496 e. The van der Waals surface area contributed by atoms with E-state index in [-0.39, 0.29) is 24.2 Å². The number of nitrogens with zero attached hydrogens (tertiary/aromatic N) is 2. The number of carbonyl (C=O) groups excluding carboxylic acids is 3. The molecule has 1 saturated carbocycles. The summed E-state index contributed by atoms with van der Waals surface area (Å²) in [5.41, 5.74) is 1.64. The molecule has 1 aromatic carbocycles. The molecule has 0 aliphatic heterocycles. The molecule has 10 nitrogen and oxygen atoms in total. The van der Waals surface area contributed by atoms with Crippen LogP contribution >= 0.6 is 0 Å². The van der Waals surface area contributed by atoms with Crippen molar-refractivity contribution in [3.63, 3.8) is 0 Å². The van der Waals surface area contributed by atoms with Gasteiger partial charge in [0, 0.05) is 0 Å². The molecule has 1 atom stereocenters. The summed E-state index contributed by atoms with van der Waals surface area (Å²) in [4.78, 5) is 37.7. The Balaban J connectivity index is 1.96. The summed E-state index contributed by atoms with van der Waals surface area (Å²) in [6.45, 7) is 3.64. The van der Waals surface area contributed by atoms with Crippen molar-refractivity contribution in [2.45, 2.75) is 64.5 Å². The van der Waals surface area contributed by atoms with Crippen molar-refractivity contribution < 1.29 is 28.6 Å². The lowest BCUT2D eigenvalue weighted by molar-refractivity contribution is -0.141. The van der Waals surface area contributed by atoms with Gasteiger partial charge in [-0.05, 0) is 43.4 Å². The predicted molar refractivity (Wildman–Crippen MR) is 139 cm³/mol. The highest BCUT2D eigenvalue weighted by molar-refractivity contribution is 5.97. The van der Waals surface area contributed by atoms with Crippen LogP contribution in [0.1, 0.15) is 68.9 Å². The van der Waals surface area contributed by atoms with Crippen LogP contribution in [-0.2, 0) is 14.3 Å². The normalized spacial score (nSPS) is 14.6. The summed E-state index contributed by atoms with van der Waals surface area (Å²) in [7, 11) is 4.44. The van der Waals surface area contributed by atoms with Crippen LogP contribution in [0.3, 0.4) is 0 Å². The van der Waals surface area contributed by atoms with Gasteiger partial charge in [0.2, 0.25) is 5.91 Å². The van der Waals surface area contributed by atoms with Gasteiger partial charge in [-0.25, -0.2) is 0 Å². The second-order valence-corrected chi connectivity index (χ2v) is 9.64. The van der Waals surface area contributed by atoms with Crippen LogP contribution in [0.15, 0.2) is 24.3 Å². The van der Waals surface area contributed by atoms with E-state index in [4.69, 9.17) is 14.6 Å². The molecule has 1 unspecified atom stereocenters. The number of aromatic nitrogens is 2. The number of hydrogen-bond acceptors (Lipinski definition) is 7. The van der Waals surface area contributed by atoms with Crippen molar-refractivity contribution >= 4 is 17.8 Å². The summed E-state index contributed by atoms with van der Waals surface area (Å²) in [6.07, 6.45) is 5.67. The Kier molecular flexibility index (Phi) is 9.93. The first-order chi connectivity index (χ1) is 17.8. The molecule has 10 heteroatoms. The van der Waals surface area contributed by atoms with E-state index in [1.807, 2.05) is 36.7 Å². The SMILES string of the molecule is COC(=O)CNC(=O)C(CC(C)C)NC(=O)c1cc(-c2c(OC)cccc2OC)n(C2CCCCC2)n1. The molecule has 3 rings (SSSR count). The van der Waals surface area contributed by atoms with Gasteiger partial charge in [-0.1, -0.05) is 39.2 Å². The first-order valence-electron chi connectivity index (χ1n) is 12.7. The van der Waals surface area contributed by atoms with E-state index in [1.54, 1.807) is 20.3 Å². The van der Waals surface area contributed by atoms with Crippen LogP contribution in [0, 0.1) is 5.92 Å². The predicted octanol–water partition coefficient (Wildman–Crippen LogP) is 3.51. The van der Waals surface area contributed by atoms with Crippen molar-refractivity contribution in [1.82, 2.24) is 20.4 Å². The topological polar surface area (TPSA) is 121 Å². The van der Waals surface area contributed by atoms with Crippen LogP contribution in [0.4, 0.5) is 0 Å². The van der Waals surface area contributed by atoms with Gasteiger partial charge in [-0.2, -0.15) is 5.10 Å². The average molecular weight is 515 g/mol. The number of nitrogens with one attached hydrogen (secondary N) is 2. The van der Waals surface area contributed by atoms with Crippen molar-refractivity contribution in [1.29, 1.82) is 0 Å². The summed E-state index contributed by atoms with van der Waals surface area (Å²) >= 11 is 0. The van der Waals surface area contributed by atoms with E-state index in [1.165, 1.54) is 13.5 Å². The van der Waals surface area contributed by atoms with Crippen molar-refractivity contribution in [3.05, 3.63) is 30.0 Å². The molecule has 2 N–H and O–H groups in total. The monoisotopic (exact) mass is 514 g/mol. The Bertz CT molecular complexity index is 1070. The lowest BCUT2D eigenvalue weighted by Gasteiger charge is -2.25. The Morgan fingerprint density at radius 1 is 1.05 bits per heavy atom. The van der Waals surface area contributed by atoms with Gasteiger partial charge in [-0.3, -0.25) is 19.1 Å². The number of esters is 1. The second-order valence-electron chi connectivity index (χ2n) is 9.64. The molecular formula is C27H38N4O6. The van der Waals surface area contributed by atoms with Crippen molar-refractivity contribution in [2.75, 3.05) is 27.9 Å². The molecule has 2 aromatic rings. The number of rotatable bonds is 11. The number of methoxy groups -OCH3 is 3. The highest BCUT2D eigenvalue weighted by atomic mass is 16.5. The fourth-order valence-electron chi connectivity index (χ4n) is 4.69. The Labute approximate surface area is 218 Å². The molecule has 202 valence electrons. The van der Waals surface area contributed by atoms with Gasteiger partial charge in [0.1, 0.15) is 24.1 Å². The fourth-order valence-corrected chi connectivity index (χ4v) is 4.69. The molecule has 1 aliphatic rings. The quantitative estimate of drug-likeness (QED) is 0.440. The average Bonchev–Trinajstić information content (AvgIpc) is 3.36. The molecule has 1 fully saturated rings. The number of amides is 2. The molecule has 0 radical (unpaired) electrons. The van der Waals surface area contributed by atoms with E-state index < -0.39 is 23.8 Å². The number of hydrogen-bond donors (Lipinski definition) is 2. The Hall–Kier alpha value is -3.56. The Morgan fingerprint density at radius 2 is 1.70 bits per heavy atom. The van der Waals surface area contributed by atoms with E-state index >= 15 is 0 Å². The maximum absolute atomic E-state index is 13.4. The maximum Gasteiger partial charge on any atom is 0.325 e. The van der Waals surface area contributed by atoms with E-state index in [0.29, 0.717) is 17.9 Å². The van der Waals surface area contributed by atoms with E-state index in [9.17, 15) is 14.4 Å². The van der Waals surface area contributed by atoms with Gasteiger partial charge in [0.25, 0.3) is 5.91 Å². The number of ether oxygens (including phenoxy) is 3. The minimum atomic E-state index is -0.832. The molecule has 0 bridgehead atoms. The van der Waals surface area contributed by atoms with Crippen LogP contribution in [0.5, 0.6) is 11.5 Å². The molecule has 0 saturated heterocycles. The van der Waals surface area contributed by atoms with Gasteiger partial charge in [0.15, 0.2) is 5.69 Å². The smallest absolute Gasteiger partial charge is 0.325 e. The van der Waals surface area contributed by atoms with Gasteiger partial charge >= 0.3 is 5.97 Å². The molecule has 1 heterocycles. The van der Waals surface area contributed by atoms with Crippen LogP contribution in [0.25, 0.3) is 11.3 Å². The standard InChI is InChI=1S/C27H38N4O6/c1-17(2)14-19(26(33)28-16-24(32)37-5)29-27(34)20-15-21(31(30-20)18-10-7-6-8-11-18)25-22(35-3)12-9-13-23(25)36-4/h9,12-13,15,17-19H,6-8,10-11,14,16H2,1-5H3,(H,28,33)(H,29,34). The third kappa shape index (κ3) is 7.02. The van der Waals surface area contributed by atoms with Gasteiger partial charge in [0.05, 0.1) is 38.6 Å². The zero-order chi connectivity index (χ0) is 26.9. The minimum absolute atomic E-state index is 0.127. The third-order valence-corrected chi connectivity index (χ3v) is 6.54. The van der Waals surface area contributed by atoms with Gasteiger partial charge in [-0.15, -0.1) is 0 Å². The summed E-state index contributed by atoms with van der Waals surface area (Å²) in [5.74, 6) is -0.132. The highest BCUT2D eigenvalue weighted by Gasteiger charge is 2.29. The molecule has 1 aromatic heterocycles. The zero-order valence-corrected chi connectivity index (χ0v) is 22.3. The lowest BCUT2D eigenvalue weighted by atomic mass is 9.95. The largest absolute Gasteiger partial charge is 0.496 e. The summed E-state index contributed by atoms with van der Waals surface area (Å²) in [6, 6.07) is 6.57. The summed E-state index contributed by atoms with van der Waals surface area (Å²) in [5, 5.41) is 10.1. The third-order valence-electron chi connectivity index (χ3n) is 6.54. The maximum atomic E-state index is 13.4. The number of benzene rings is 1. The second kappa shape index (κ2) is 13.1. The van der Waals surface area contributed by atoms with Crippen LogP contribution in [0.2, 0.25) is 0 Å². The first-order valence-corrected chi connectivity index (χ1v) is 12.7. The Morgan fingerprint density at radius 3 is 2.27 bits per heavy atom. The van der Waals surface area contributed by atoms with Crippen molar-refractivity contribution in [3.8, 4) is 22.8 Å². The molecule has 37 heavy (non-hydrogen) atoms. The van der Waals surface area contributed by atoms with E-state index in [2.05, 4.69) is 15.4 Å². The van der Waals surface area contributed by atoms with Crippen LogP contribution < -0.4 is 20.1 Å². The molecule has 1 aliphatic carbocycles. The highest BCUT2D eigenvalue weighted by Crippen LogP contribution is 2.41. The van der Waals surface area contributed by atoms with Crippen LogP contribution in [-0.4, -0.2) is 61.5 Å². The summed E-state index contributed by atoms with van der Waals surface area (Å²) < 4.78 is 17.8. The van der Waals surface area contributed by atoms with Crippen molar-refractivity contribution in [2.24, 2.45) is 5.92 Å². The zero-order valence-electron chi connectivity index (χ0n) is 22.3. The first kappa shape index (κ1) is 28.0. The van der Waals surface area contributed by atoms with Gasteiger partial charge < -0.3 is 24.8 Å². The molecular weight excluding hydrogens is 476 g/mol. The van der Waals surface area contributed by atoms with E-state index in [0.717, 1.165) is 36.9 Å².